The summed E-state index contributed by atoms with van der Waals surface area (Å²) in [6, 6.07) is 0. The highest BCUT2D eigenvalue weighted by molar-refractivity contribution is 6.05. The summed E-state index contributed by atoms with van der Waals surface area (Å²) in [6.45, 7) is 0.975. The highest BCUT2D eigenvalue weighted by Crippen LogP contribution is 2.04. The van der Waals surface area contributed by atoms with Crippen molar-refractivity contribution < 1.29 is 19.5 Å². The molecule has 0 fully saturated rings. The molecular weight excluding hydrogens is 124 g/mol. The lowest BCUT2D eigenvalue weighted by atomic mass is 9.96. The fourth-order valence-corrected chi connectivity index (χ4v) is 0.124. The van der Waals surface area contributed by atoms with Gasteiger partial charge >= 0.3 is 0 Å². The maximum atomic E-state index is 9.91. The summed E-state index contributed by atoms with van der Waals surface area (Å²) in [5.74, 6) is -1.67. The molecule has 50 valence electrons. The summed E-state index contributed by atoms with van der Waals surface area (Å²) < 4.78 is 0. The summed E-state index contributed by atoms with van der Waals surface area (Å²) in [5.41, 5.74) is -1.97. The molecule has 0 saturated heterocycles. The number of carbonyl (C=O) groups excluding carboxylic acids is 3. The zero-order chi connectivity index (χ0) is 7.49. The quantitative estimate of drug-likeness (QED) is 0.331. The van der Waals surface area contributed by atoms with E-state index in [9.17, 15) is 19.5 Å². The summed E-state index contributed by atoms with van der Waals surface area (Å²) >= 11 is 0. The Balaban J connectivity index is 4.46. The molecule has 0 spiro atoms. The topological polar surface area (TPSA) is 74.3 Å². The Labute approximate surface area is 51.5 Å². The van der Waals surface area contributed by atoms with E-state index >= 15 is 0 Å². The molecule has 0 aromatic carbocycles. The molecule has 0 heterocycles. The second-order valence-corrected chi connectivity index (χ2v) is 1.81. The van der Waals surface area contributed by atoms with Crippen molar-refractivity contribution in [2.24, 2.45) is 5.41 Å². The number of carboxylic acid groups (broad SMARTS) is 1. The van der Waals surface area contributed by atoms with Crippen molar-refractivity contribution in [1.29, 1.82) is 0 Å². The zero-order valence-corrected chi connectivity index (χ0v) is 4.79. The van der Waals surface area contributed by atoms with Crippen LogP contribution in [0.4, 0.5) is 0 Å². The Morgan fingerprint density at radius 2 is 1.78 bits per heavy atom. The van der Waals surface area contributed by atoms with Crippen molar-refractivity contribution >= 4 is 18.5 Å². The lowest BCUT2D eigenvalue weighted by Gasteiger charge is -2.14. The van der Waals surface area contributed by atoms with Crippen LogP contribution in [0.15, 0.2) is 0 Å². The molecule has 0 aromatic heterocycles. The minimum atomic E-state index is -1.97. The molecule has 0 aliphatic rings. The lowest BCUT2D eigenvalue weighted by Crippen LogP contribution is -2.42. The van der Waals surface area contributed by atoms with Gasteiger partial charge in [0, 0.05) is 0 Å². The highest BCUT2D eigenvalue weighted by atomic mass is 16.4. The zero-order valence-electron chi connectivity index (χ0n) is 4.79. The average Bonchev–Trinajstić information content (AvgIpc) is 1.86. The van der Waals surface area contributed by atoms with Crippen LogP contribution < -0.4 is 5.11 Å². The average molecular weight is 129 g/mol. The molecule has 9 heavy (non-hydrogen) atoms. The van der Waals surface area contributed by atoms with Crippen LogP contribution in [0.5, 0.6) is 0 Å². The van der Waals surface area contributed by atoms with E-state index in [2.05, 4.69) is 0 Å². The van der Waals surface area contributed by atoms with Gasteiger partial charge in [0.15, 0.2) is 0 Å². The van der Waals surface area contributed by atoms with Crippen LogP contribution in [0.25, 0.3) is 0 Å². The SMILES string of the molecule is CC(C=O)(C=O)C(=O)[O-]. The van der Waals surface area contributed by atoms with Crippen molar-refractivity contribution in [1.82, 2.24) is 0 Å². The first-order valence-electron chi connectivity index (χ1n) is 2.21. The summed E-state index contributed by atoms with van der Waals surface area (Å²) in [7, 11) is 0. The van der Waals surface area contributed by atoms with Gasteiger partial charge in [0.25, 0.3) is 0 Å². The minimum absolute atomic E-state index is 0.0370. The van der Waals surface area contributed by atoms with E-state index in [0.29, 0.717) is 0 Å². The third kappa shape index (κ3) is 1.35. The molecule has 0 N–H and O–H groups in total. The van der Waals surface area contributed by atoms with Gasteiger partial charge in [-0.3, -0.25) is 0 Å². The van der Waals surface area contributed by atoms with Crippen molar-refractivity contribution in [3.05, 3.63) is 0 Å². The number of carbonyl (C=O) groups is 3. The summed E-state index contributed by atoms with van der Waals surface area (Å²) in [5, 5.41) is 9.91. The van der Waals surface area contributed by atoms with Crippen LogP contribution in [0, 0.1) is 5.41 Å². The first kappa shape index (κ1) is 7.81. The van der Waals surface area contributed by atoms with E-state index in [0.717, 1.165) is 6.92 Å². The normalized spacial score (nSPS) is 10.3. The molecule has 0 aliphatic carbocycles. The van der Waals surface area contributed by atoms with E-state index in [4.69, 9.17) is 0 Å². The van der Waals surface area contributed by atoms with Crippen LogP contribution in [-0.4, -0.2) is 18.5 Å². The maximum Gasteiger partial charge on any atom is 0.138 e. The van der Waals surface area contributed by atoms with E-state index in [1.807, 2.05) is 0 Å². The summed E-state index contributed by atoms with van der Waals surface area (Å²) in [6.07, 6.45) is 0.0741. The smallest absolute Gasteiger partial charge is 0.138 e. The molecule has 4 nitrogen and oxygen atoms in total. The van der Waals surface area contributed by atoms with Gasteiger partial charge in [0.1, 0.15) is 18.0 Å². The largest absolute Gasteiger partial charge is 0.549 e. The fourth-order valence-electron chi connectivity index (χ4n) is 0.124. The van der Waals surface area contributed by atoms with Gasteiger partial charge in [-0.2, -0.15) is 0 Å². The van der Waals surface area contributed by atoms with Gasteiger partial charge in [-0.05, 0) is 6.92 Å². The Hall–Kier alpha value is -1.19. The molecule has 0 bridgehead atoms. The molecule has 0 rings (SSSR count). The Bertz CT molecular complexity index is 141. The number of aliphatic carboxylic acids is 1. The van der Waals surface area contributed by atoms with Gasteiger partial charge < -0.3 is 19.5 Å². The van der Waals surface area contributed by atoms with Crippen LogP contribution in [0.2, 0.25) is 0 Å². The number of carboxylic acids is 1. The van der Waals surface area contributed by atoms with Gasteiger partial charge in [-0.25, -0.2) is 0 Å². The lowest BCUT2D eigenvalue weighted by molar-refractivity contribution is -0.312. The van der Waals surface area contributed by atoms with Crippen molar-refractivity contribution in [3.8, 4) is 0 Å². The number of aldehydes is 2. The van der Waals surface area contributed by atoms with E-state index in [-0.39, 0.29) is 12.6 Å². The van der Waals surface area contributed by atoms with E-state index in [1.165, 1.54) is 0 Å². The van der Waals surface area contributed by atoms with Crippen LogP contribution >= 0.6 is 0 Å². The van der Waals surface area contributed by atoms with Crippen LogP contribution in [-0.2, 0) is 14.4 Å². The maximum absolute atomic E-state index is 9.91. The molecule has 0 aromatic rings. The predicted molar refractivity (Wildman–Crippen MR) is 25.2 cm³/mol. The Kier molecular flexibility index (Phi) is 2.07. The second kappa shape index (κ2) is 2.39. The Morgan fingerprint density at radius 3 is 1.78 bits per heavy atom. The molecule has 4 heteroatoms. The van der Waals surface area contributed by atoms with Gasteiger partial charge in [-0.15, -0.1) is 0 Å². The second-order valence-electron chi connectivity index (χ2n) is 1.81. The summed E-state index contributed by atoms with van der Waals surface area (Å²) in [4.78, 5) is 29.6. The van der Waals surface area contributed by atoms with Crippen molar-refractivity contribution in [2.45, 2.75) is 6.92 Å². The third-order valence-electron chi connectivity index (χ3n) is 0.929. The molecule has 0 radical (unpaired) electrons. The van der Waals surface area contributed by atoms with E-state index < -0.39 is 11.4 Å². The molecule has 0 aliphatic heterocycles. The monoisotopic (exact) mass is 129 g/mol. The third-order valence-corrected chi connectivity index (χ3v) is 0.929. The molecule has 0 unspecified atom stereocenters. The molecule has 0 amide bonds. The molecule has 0 saturated carbocycles. The number of hydrogen-bond acceptors (Lipinski definition) is 4. The first-order valence-corrected chi connectivity index (χ1v) is 2.21. The predicted octanol–water partition coefficient (Wildman–Crippen LogP) is -1.86. The van der Waals surface area contributed by atoms with Crippen molar-refractivity contribution in [3.63, 3.8) is 0 Å². The fraction of sp³-hybridized carbons (Fsp3) is 0.400. The number of rotatable bonds is 3. The van der Waals surface area contributed by atoms with Gasteiger partial charge in [-0.1, -0.05) is 0 Å². The van der Waals surface area contributed by atoms with Gasteiger partial charge in [0.05, 0.1) is 5.97 Å². The number of hydrogen-bond donors (Lipinski definition) is 0. The van der Waals surface area contributed by atoms with Crippen molar-refractivity contribution in [2.75, 3.05) is 0 Å². The standard InChI is InChI=1S/C5H6O4/c1-5(2-6,3-7)4(8)9/h2-3H,1H3,(H,8,9)/p-1. The van der Waals surface area contributed by atoms with E-state index in [1.54, 1.807) is 0 Å². The minimum Gasteiger partial charge on any atom is -0.549 e. The first-order chi connectivity index (χ1) is 4.06. The van der Waals surface area contributed by atoms with Gasteiger partial charge in [0.2, 0.25) is 0 Å². The Morgan fingerprint density at radius 1 is 1.44 bits per heavy atom. The highest BCUT2D eigenvalue weighted by Gasteiger charge is 2.23. The van der Waals surface area contributed by atoms with Crippen LogP contribution in [0.3, 0.4) is 0 Å². The van der Waals surface area contributed by atoms with Crippen LogP contribution in [0.1, 0.15) is 6.92 Å². The molecule has 0 atom stereocenters. The molecular formula is C5H5O4-.